The molecular weight excluding hydrogens is 300 g/mol. The average Bonchev–Trinajstić information content (AvgIpc) is 2.87. The second-order valence-corrected chi connectivity index (χ2v) is 5.77. The summed E-state index contributed by atoms with van der Waals surface area (Å²) in [5, 5.41) is 3.03. The molecule has 19 heavy (non-hydrogen) atoms. The minimum Gasteiger partial charge on any atom is -0.437 e. The summed E-state index contributed by atoms with van der Waals surface area (Å²) in [6.45, 7) is 0. The standard InChI is InChI=1S/C13H9ClN2OS2/c1-18-10-5-3-2-4-9(10)17-11-8-6-7-19-12(8)16-13(14)15-11/h2-7H,1H3. The molecule has 0 aliphatic carbocycles. The second-order valence-electron chi connectivity index (χ2n) is 3.69. The molecule has 2 aromatic heterocycles. The van der Waals surface area contributed by atoms with Gasteiger partial charge in [-0.25, -0.2) is 4.98 Å². The van der Waals surface area contributed by atoms with Gasteiger partial charge in [-0.3, -0.25) is 0 Å². The minimum absolute atomic E-state index is 0.201. The summed E-state index contributed by atoms with van der Waals surface area (Å²) in [5.74, 6) is 1.27. The lowest BCUT2D eigenvalue weighted by atomic mass is 10.3. The fourth-order valence-corrected chi connectivity index (χ4v) is 3.18. The smallest absolute Gasteiger partial charge is 0.232 e. The summed E-state index contributed by atoms with van der Waals surface area (Å²) in [6, 6.07) is 9.77. The summed E-state index contributed by atoms with van der Waals surface area (Å²) in [6.07, 6.45) is 2.01. The Hall–Kier alpha value is -1.30. The zero-order valence-corrected chi connectivity index (χ0v) is 12.4. The van der Waals surface area contributed by atoms with Crippen LogP contribution >= 0.6 is 34.7 Å². The molecule has 0 unspecified atom stereocenters. The van der Waals surface area contributed by atoms with Gasteiger partial charge in [0.2, 0.25) is 11.2 Å². The van der Waals surface area contributed by atoms with Crippen molar-refractivity contribution in [2.45, 2.75) is 4.90 Å². The third-order valence-electron chi connectivity index (χ3n) is 2.54. The fraction of sp³-hybridized carbons (Fsp3) is 0.0769. The van der Waals surface area contributed by atoms with E-state index in [1.165, 1.54) is 11.3 Å². The van der Waals surface area contributed by atoms with Crippen LogP contribution < -0.4 is 4.74 Å². The number of thiophene rings is 1. The Kier molecular flexibility index (Phi) is 3.59. The van der Waals surface area contributed by atoms with Gasteiger partial charge in [-0.1, -0.05) is 12.1 Å². The quantitative estimate of drug-likeness (QED) is 0.511. The molecule has 0 saturated carbocycles. The molecule has 96 valence electrons. The molecular formula is C13H9ClN2OS2. The molecule has 1 aromatic carbocycles. The van der Waals surface area contributed by atoms with Crippen LogP contribution in [0.1, 0.15) is 0 Å². The Balaban J connectivity index is 2.07. The first-order valence-corrected chi connectivity index (χ1v) is 7.98. The van der Waals surface area contributed by atoms with Gasteiger partial charge in [-0.15, -0.1) is 23.1 Å². The normalized spacial score (nSPS) is 10.8. The summed E-state index contributed by atoms with van der Waals surface area (Å²) in [4.78, 5) is 10.2. The van der Waals surface area contributed by atoms with Crippen LogP contribution in [0.2, 0.25) is 5.28 Å². The zero-order chi connectivity index (χ0) is 13.2. The van der Waals surface area contributed by atoms with Crippen LogP contribution in [0.5, 0.6) is 11.6 Å². The lowest BCUT2D eigenvalue weighted by molar-refractivity contribution is 0.457. The van der Waals surface area contributed by atoms with E-state index < -0.39 is 0 Å². The van der Waals surface area contributed by atoms with Crippen molar-refractivity contribution in [3.8, 4) is 11.6 Å². The number of benzene rings is 1. The van der Waals surface area contributed by atoms with Crippen LogP contribution in [0, 0.1) is 0 Å². The van der Waals surface area contributed by atoms with Crippen LogP contribution in [0.3, 0.4) is 0 Å². The summed E-state index contributed by atoms with van der Waals surface area (Å²) in [7, 11) is 0. The van der Waals surface area contributed by atoms with Crippen molar-refractivity contribution in [3.63, 3.8) is 0 Å². The van der Waals surface area contributed by atoms with Gasteiger partial charge in [0.05, 0.1) is 5.39 Å². The molecule has 0 spiro atoms. The predicted octanol–water partition coefficient (Wildman–Crippen LogP) is 4.86. The SMILES string of the molecule is CSc1ccccc1Oc1nc(Cl)nc2sccc12. The molecule has 6 heteroatoms. The van der Waals surface area contributed by atoms with Crippen molar-refractivity contribution in [2.24, 2.45) is 0 Å². The third kappa shape index (κ3) is 2.54. The Morgan fingerprint density at radius 1 is 1.21 bits per heavy atom. The Morgan fingerprint density at radius 3 is 2.89 bits per heavy atom. The molecule has 3 rings (SSSR count). The number of hydrogen-bond donors (Lipinski definition) is 0. The van der Waals surface area contributed by atoms with Gasteiger partial charge in [-0.2, -0.15) is 4.98 Å². The van der Waals surface area contributed by atoms with Gasteiger partial charge in [0, 0.05) is 4.90 Å². The largest absolute Gasteiger partial charge is 0.437 e. The molecule has 0 amide bonds. The first-order chi connectivity index (χ1) is 9.28. The summed E-state index contributed by atoms with van der Waals surface area (Å²) < 4.78 is 5.90. The molecule has 0 N–H and O–H groups in total. The number of hydrogen-bond acceptors (Lipinski definition) is 5. The first kappa shape index (κ1) is 12.7. The number of aromatic nitrogens is 2. The molecule has 0 bridgehead atoms. The van der Waals surface area contributed by atoms with Gasteiger partial charge in [-0.05, 0) is 41.4 Å². The van der Waals surface area contributed by atoms with Crippen molar-refractivity contribution in [1.82, 2.24) is 9.97 Å². The molecule has 0 saturated heterocycles. The topological polar surface area (TPSA) is 35.0 Å². The maximum atomic E-state index is 5.92. The maximum Gasteiger partial charge on any atom is 0.232 e. The molecule has 0 radical (unpaired) electrons. The third-order valence-corrected chi connectivity index (χ3v) is 4.29. The van der Waals surface area contributed by atoms with Crippen LogP contribution in [0.15, 0.2) is 40.6 Å². The first-order valence-electron chi connectivity index (χ1n) is 5.49. The van der Waals surface area contributed by atoms with Crippen LogP contribution in [-0.2, 0) is 0 Å². The molecule has 3 nitrogen and oxygen atoms in total. The van der Waals surface area contributed by atoms with E-state index >= 15 is 0 Å². The highest BCUT2D eigenvalue weighted by atomic mass is 35.5. The van der Waals surface area contributed by atoms with Crippen molar-refractivity contribution in [2.75, 3.05) is 6.26 Å². The zero-order valence-electron chi connectivity index (χ0n) is 9.96. The van der Waals surface area contributed by atoms with Gasteiger partial charge >= 0.3 is 0 Å². The molecule has 3 aromatic rings. The number of thioether (sulfide) groups is 1. The summed E-state index contributed by atoms with van der Waals surface area (Å²) >= 11 is 9.06. The number of nitrogens with zero attached hydrogens (tertiary/aromatic N) is 2. The van der Waals surface area contributed by atoms with E-state index in [0.29, 0.717) is 5.88 Å². The Labute approximate surface area is 123 Å². The van der Waals surface area contributed by atoms with Crippen LogP contribution in [-0.4, -0.2) is 16.2 Å². The molecule has 0 aliphatic rings. The Morgan fingerprint density at radius 2 is 2.05 bits per heavy atom. The van der Waals surface area contributed by atoms with E-state index in [2.05, 4.69) is 9.97 Å². The monoisotopic (exact) mass is 308 g/mol. The van der Waals surface area contributed by atoms with Gasteiger partial charge in [0.1, 0.15) is 10.6 Å². The van der Waals surface area contributed by atoms with Crippen LogP contribution in [0.25, 0.3) is 10.2 Å². The lowest BCUT2D eigenvalue weighted by Crippen LogP contribution is -1.92. The van der Waals surface area contributed by atoms with Crippen molar-refractivity contribution in [1.29, 1.82) is 0 Å². The van der Waals surface area contributed by atoms with E-state index in [1.54, 1.807) is 11.8 Å². The van der Waals surface area contributed by atoms with Crippen LogP contribution in [0.4, 0.5) is 0 Å². The van der Waals surface area contributed by atoms with E-state index in [9.17, 15) is 0 Å². The maximum absolute atomic E-state index is 5.92. The van der Waals surface area contributed by atoms with Crippen molar-refractivity contribution < 1.29 is 4.74 Å². The molecule has 0 atom stereocenters. The molecule has 0 fully saturated rings. The van der Waals surface area contributed by atoms with Gasteiger partial charge < -0.3 is 4.74 Å². The minimum atomic E-state index is 0.201. The Bertz CT molecular complexity index is 729. The van der Waals surface area contributed by atoms with E-state index in [1.807, 2.05) is 42.0 Å². The average molecular weight is 309 g/mol. The van der Waals surface area contributed by atoms with Gasteiger partial charge in [0.15, 0.2) is 0 Å². The second kappa shape index (κ2) is 5.36. The highest BCUT2D eigenvalue weighted by molar-refractivity contribution is 7.98. The number of para-hydroxylation sites is 1. The number of halogens is 1. The predicted molar refractivity (Wildman–Crippen MR) is 80.7 cm³/mol. The highest BCUT2D eigenvalue weighted by Gasteiger charge is 2.11. The number of fused-ring (bicyclic) bond motifs is 1. The fourth-order valence-electron chi connectivity index (χ4n) is 1.69. The highest BCUT2D eigenvalue weighted by Crippen LogP contribution is 2.35. The van der Waals surface area contributed by atoms with Crippen molar-refractivity contribution >= 4 is 44.9 Å². The van der Waals surface area contributed by atoms with Gasteiger partial charge in [0.25, 0.3) is 0 Å². The van der Waals surface area contributed by atoms with E-state index in [0.717, 1.165) is 20.9 Å². The van der Waals surface area contributed by atoms with E-state index in [-0.39, 0.29) is 5.28 Å². The lowest BCUT2D eigenvalue weighted by Gasteiger charge is -2.09. The molecule has 0 aliphatic heterocycles. The number of ether oxygens (including phenoxy) is 1. The number of rotatable bonds is 3. The summed E-state index contributed by atoms with van der Waals surface area (Å²) in [5.41, 5.74) is 0. The van der Waals surface area contributed by atoms with Crippen molar-refractivity contribution in [3.05, 3.63) is 41.0 Å². The van der Waals surface area contributed by atoms with E-state index in [4.69, 9.17) is 16.3 Å². The molecule has 2 heterocycles.